The molecule has 3 aliphatic heterocycles. The van der Waals surface area contributed by atoms with Gasteiger partial charge in [0, 0.05) is 6.04 Å². The first-order chi connectivity index (χ1) is 7.72. The number of piperidine rings is 2. The van der Waals surface area contributed by atoms with E-state index in [1.54, 1.807) is 0 Å². The summed E-state index contributed by atoms with van der Waals surface area (Å²) in [5, 5.41) is 0. The second-order valence-corrected chi connectivity index (χ2v) is 6.15. The van der Waals surface area contributed by atoms with Crippen molar-refractivity contribution in [2.24, 2.45) is 0 Å². The van der Waals surface area contributed by atoms with Crippen molar-refractivity contribution in [2.75, 3.05) is 6.61 Å². The minimum absolute atomic E-state index is 0.146. The van der Waals surface area contributed by atoms with Gasteiger partial charge >= 0.3 is 6.09 Å². The van der Waals surface area contributed by atoms with Crippen LogP contribution in [0.25, 0.3) is 0 Å². The van der Waals surface area contributed by atoms with Gasteiger partial charge in [-0.3, -0.25) is 4.90 Å². The third-order valence-corrected chi connectivity index (χ3v) is 5.55. The zero-order chi connectivity index (χ0) is 11.3. The molecule has 0 aliphatic carbocycles. The molecule has 0 spiro atoms. The van der Waals surface area contributed by atoms with Gasteiger partial charge < -0.3 is 9.47 Å². The predicted octanol–water partition coefficient (Wildman–Crippen LogP) is 1.95. The average molecular weight is 337 g/mol. The third kappa shape index (κ3) is 1.47. The van der Waals surface area contributed by atoms with E-state index in [1.165, 1.54) is 0 Å². The molecule has 0 N–H and O–H groups in total. The highest BCUT2D eigenvalue weighted by Gasteiger charge is 2.56. The van der Waals surface area contributed by atoms with Crippen molar-refractivity contribution in [2.45, 2.75) is 54.4 Å². The van der Waals surface area contributed by atoms with E-state index < -0.39 is 0 Å². The molecular formula is C11H16INO3. The highest BCUT2D eigenvalue weighted by atomic mass is 127. The molecule has 3 bridgehead atoms. The zero-order valence-electron chi connectivity index (χ0n) is 9.27. The summed E-state index contributed by atoms with van der Waals surface area (Å²) in [5.74, 6) is 0. The van der Waals surface area contributed by atoms with Crippen LogP contribution in [0, 0.1) is 0 Å². The second-order valence-electron chi connectivity index (χ2n) is 4.71. The van der Waals surface area contributed by atoms with E-state index in [1.807, 2.05) is 11.8 Å². The molecule has 3 aliphatic rings. The molecule has 4 nitrogen and oxygen atoms in total. The van der Waals surface area contributed by atoms with Crippen LogP contribution >= 0.6 is 22.6 Å². The van der Waals surface area contributed by atoms with Crippen molar-refractivity contribution in [3.8, 4) is 0 Å². The molecule has 3 heterocycles. The molecule has 0 aromatic carbocycles. The molecule has 5 unspecified atom stereocenters. The largest absolute Gasteiger partial charge is 0.450 e. The van der Waals surface area contributed by atoms with Crippen LogP contribution in [0.2, 0.25) is 0 Å². The minimum Gasteiger partial charge on any atom is -0.450 e. The molecule has 3 rings (SSSR count). The lowest BCUT2D eigenvalue weighted by Crippen LogP contribution is -2.59. The summed E-state index contributed by atoms with van der Waals surface area (Å²) >= 11 is 2.44. The SMILES string of the molecule is CCOC(=O)N1C2CC3OC2CCC1C3I. The van der Waals surface area contributed by atoms with Crippen LogP contribution in [-0.4, -0.2) is 45.8 Å². The van der Waals surface area contributed by atoms with Gasteiger partial charge in [0.2, 0.25) is 0 Å². The monoisotopic (exact) mass is 337 g/mol. The highest BCUT2D eigenvalue weighted by molar-refractivity contribution is 14.1. The van der Waals surface area contributed by atoms with E-state index >= 15 is 0 Å². The van der Waals surface area contributed by atoms with Crippen molar-refractivity contribution in [1.29, 1.82) is 0 Å². The Morgan fingerprint density at radius 2 is 2.25 bits per heavy atom. The fraction of sp³-hybridized carbons (Fsp3) is 0.909. The lowest BCUT2D eigenvalue weighted by Gasteiger charge is -2.45. The van der Waals surface area contributed by atoms with Gasteiger partial charge in [0.05, 0.1) is 28.8 Å². The van der Waals surface area contributed by atoms with Gasteiger partial charge in [0.1, 0.15) is 0 Å². The zero-order valence-corrected chi connectivity index (χ0v) is 11.4. The van der Waals surface area contributed by atoms with E-state index in [0.29, 0.717) is 22.7 Å². The standard InChI is InChI=1S/C11H16INO3/c1-2-15-11(14)13-6-3-4-8-7(13)5-9(16-8)10(6)12/h6-10H,2-5H2,1H3. The number of fused-ring (bicyclic) bond motifs is 2. The Labute approximate surface area is 109 Å². The highest BCUT2D eigenvalue weighted by Crippen LogP contribution is 2.46. The summed E-state index contributed by atoms with van der Waals surface area (Å²) in [6.07, 6.45) is 3.62. The van der Waals surface area contributed by atoms with Crippen LogP contribution in [0.5, 0.6) is 0 Å². The van der Waals surface area contributed by atoms with Gasteiger partial charge in [-0.25, -0.2) is 4.79 Å². The Morgan fingerprint density at radius 1 is 1.44 bits per heavy atom. The topological polar surface area (TPSA) is 38.8 Å². The van der Waals surface area contributed by atoms with Gasteiger partial charge in [-0.15, -0.1) is 0 Å². The summed E-state index contributed by atoms with van der Waals surface area (Å²) in [5.41, 5.74) is 0. The lowest BCUT2D eigenvalue weighted by atomic mass is 9.85. The number of hydrogen-bond acceptors (Lipinski definition) is 3. The number of alkyl halides is 1. The van der Waals surface area contributed by atoms with E-state index in [2.05, 4.69) is 22.6 Å². The molecule has 5 heteroatoms. The van der Waals surface area contributed by atoms with Gasteiger partial charge in [0.25, 0.3) is 0 Å². The van der Waals surface area contributed by atoms with E-state index in [0.717, 1.165) is 19.3 Å². The number of carbonyl (C=O) groups is 1. The van der Waals surface area contributed by atoms with Gasteiger partial charge in [0.15, 0.2) is 0 Å². The maximum absolute atomic E-state index is 12.0. The molecule has 5 atom stereocenters. The normalized spacial score (nSPS) is 44.9. The summed E-state index contributed by atoms with van der Waals surface area (Å²) in [6, 6.07) is 0.593. The van der Waals surface area contributed by atoms with Crippen LogP contribution in [-0.2, 0) is 9.47 Å². The van der Waals surface area contributed by atoms with Crippen LogP contribution in [0.3, 0.4) is 0 Å². The molecule has 0 aromatic rings. The quantitative estimate of drug-likeness (QED) is 0.542. The molecule has 90 valence electrons. The average Bonchev–Trinajstić information content (AvgIpc) is 2.59. The van der Waals surface area contributed by atoms with Crippen LogP contribution in [0.1, 0.15) is 26.2 Å². The minimum atomic E-state index is -0.146. The first kappa shape index (κ1) is 11.1. The van der Waals surface area contributed by atoms with Crippen molar-refractivity contribution in [1.82, 2.24) is 4.90 Å². The third-order valence-electron chi connectivity index (χ3n) is 3.92. The molecule has 0 saturated carbocycles. The van der Waals surface area contributed by atoms with E-state index in [-0.39, 0.29) is 18.2 Å². The lowest BCUT2D eigenvalue weighted by molar-refractivity contribution is 0.0182. The number of amides is 1. The Kier molecular flexibility index (Phi) is 2.78. The number of nitrogens with zero attached hydrogens (tertiary/aromatic N) is 1. The van der Waals surface area contributed by atoms with Crippen LogP contribution in [0.15, 0.2) is 0 Å². The van der Waals surface area contributed by atoms with Crippen molar-refractivity contribution >= 4 is 28.7 Å². The second kappa shape index (κ2) is 4.01. The van der Waals surface area contributed by atoms with Crippen LogP contribution < -0.4 is 0 Å². The van der Waals surface area contributed by atoms with Gasteiger partial charge in [-0.05, 0) is 26.2 Å². The Balaban J connectivity index is 1.86. The molecular weight excluding hydrogens is 321 g/mol. The van der Waals surface area contributed by atoms with E-state index in [9.17, 15) is 4.79 Å². The molecule has 0 radical (unpaired) electrons. The Bertz CT molecular complexity index is 312. The first-order valence-electron chi connectivity index (χ1n) is 5.97. The summed E-state index contributed by atoms with van der Waals surface area (Å²) in [7, 11) is 0. The Morgan fingerprint density at radius 3 is 3.00 bits per heavy atom. The van der Waals surface area contributed by atoms with Gasteiger partial charge in [-0.2, -0.15) is 0 Å². The molecule has 1 amide bonds. The number of ether oxygens (including phenoxy) is 2. The maximum Gasteiger partial charge on any atom is 0.410 e. The number of hydrogen-bond donors (Lipinski definition) is 0. The summed E-state index contributed by atoms with van der Waals surface area (Å²) in [4.78, 5) is 13.9. The predicted molar refractivity (Wildman–Crippen MR) is 66.8 cm³/mol. The van der Waals surface area contributed by atoms with Crippen molar-refractivity contribution in [3.63, 3.8) is 0 Å². The molecule has 3 saturated heterocycles. The van der Waals surface area contributed by atoms with Crippen molar-refractivity contribution in [3.05, 3.63) is 0 Å². The number of rotatable bonds is 1. The summed E-state index contributed by atoms with van der Waals surface area (Å²) in [6.45, 7) is 2.31. The number of carbonyl (C=O) groups excluding carboxylic acids is 1. The Hall–Kier alpha value is -0.0400. The van der Waals surface area contributed by atoms with E-state index in [4.69, 9.17) is 9.47 Å². The fourth-order valence-corrected chi connectivity index (χ4v) is 4.44. The van der Waals surface area contributed by atoms with Crippen LogP contribution in [0.4, 0.5) is 4.79 Å². The molecule has 16 heavy (non-hydrogen) atoms. The van der Waals surface area contributed by atoms with Crippen molar-refractivity contribution < 1.29 is 14.3 Å². The smallest absolute Gasteiger partial charge is 0.410 e. The fourth-order valence-electron chi connectivity index (χ4n) is 3.27. The number of halogens is 1. The molecule has 0 aromatic heterocycles. The van der Waals surface area contributed by atoms with Gasteiger partial charge in [-0.1, -0.05) is 22.6 Å². The first-order valence-corrected chi connectivity index (χ1v) is 7.21. The maximum atomic E-state index is 12.0. The molecule has 3 fully saturated rings. The summed E-state index contributed by atoms with van der Waals surface area (Å²) < 4.78 is 11.6.